The number of aryl methyl sites for hydroxylation is 1. The zero-order chi connectivity index (χ0) is 15.4. The number of nitrogens with zero attached hydrogens (tertiary/aromatic N) is 2. The molecule has 1 aromatic heterocycles. The van der Waals surface area contributed by atoms with Gasteiger partial charge in [-0.1, -0.05) is 5.16 Å². The smallest absolute Gasteiger partial charge is 0.254 e. The van der Waals surface area contributed by atoms with Crippen LogP contribution in [0.25, 0.3) is 0 Å². The van der Waals surface area contributed by atoms with E-state index in [0.29, 0.717) is 29.3 Å². The molecular formula is C15H18N2O4. The number of carbonyl (C=O) groups is 1. The summed E-state index contributed by atoms with van der Waals surface area (Å²) in [6.07, 6.45) is 0. The molecule has 0 spiro atoms. The highest BCUT2D eigenvalue weighted by molar-refractivity contribution is 5.94. The van der Waals surface area contributed by atoms with E-state index in [-0.39, 0.29) is 5.91 Å². The van der Waals surface area contributed by atoms with Crippen LogP contribution in [-0.4, -0.2) is 37.2 Å². The van der Waals surface area contributed by atoms with Crippen molar-refractivity contribution < 1.29 is 18.8 Å². The van der Waals surface area contributed by atoms with E-state index < -0.39 is 0 Å². The number of hydrogen-bond acceptors (Lipinski definition) is 5. The van der Waals surface area contributed by atoms with Crippen LogP contribution >= 0.6 is 0 Å². The molecule has 2 rings (SSSR count). The highest BCUT2D eigenvalue weighted by atomic mass is 16.5. The predicted molar refractivity (Wildman–Crippen MR) is 76.6 cm³/mol. The molecule has 1 amide bonds. The molecule has 0 bridgehead atoms. The monoisotopic (exact) mass is 290 g/mol. The molecule has 0 unspecified atom stereocenters. The number of methoxy groups -OCH3 is 2. The second-order valence-electron chi connectivity index (χ2n) is 4.66. The average Bonchev–Trinajstić information content (AvgIpc) is 2.90. The van der Waals surface area contributed by atoms with E-state index >= 15 is 0 Å². The number of benzene rings is 1. The fraction of sp³-hybridized carbons (Fsp3) is 0.333. The minimum atomic E-state index is -0.128. The van der Waals surface area contributed by atoms with Gasteiger partial charge in [-0.25, -0.2) is 0 Å². The summed E-state index contributed by atoms with van der Waals surface area (Å²) in [6, 6.07) is 6.87. The van der Waals surface area contributed by atoms with Gasteiger partial charge in [0.05, 0.1) is 20.8 Å². The standard InChI is InChI=1S/C15H18N2O4/c1-10-7-12(16-21-10)9-17(2)15(18)11-5-6-13(19-3)14(8-11)20-4/h5-8H,9H2,1-4H3. The van der Waals surface area contributed by atoms with E-state index in [1.165, 1.54) is 7.11 Å². The molecular weight excluding hydrogens is 272 g/mol. The van der Waals surface area contributed by atoms with E-state index in [9.17, 15) is 4.79 Å². The number of hydrogen-bond donors (Lipinski definition) is 0. The molecule has 21 heavy (non-hydrogen) atoms. The van der Waals surface area contributed by atoms with Crippen LogP contribution in [0, 0.1) is 6.92 Å². The summed E-state index contributed by atoms with van der Waals surface area (Å²) in [4.78, 5) is 14.0. The SMILES string of the molecule is COc1ccc(C(=O)N(C)Cc2cc(C)on2)cc1OC. The van der Waals surface area contributed by atoms with Crippen LogP contribution < -0.4 is 9.47 Å². The van der Waals surface area contributed by atoms with Gasteiger partial charge in [-0.15, -0.1) is 0 Å². The first kappa shape index (κ1) is 14.9. The Morgan fingerprint density at radius 3 is 2.52 bits per heavy atom. The van der Waals surface area contributed by atoms with E-state index in [0.717, 1.165) is 5.76 Å². The first-order chi connectivity index (χ1) is 10.0. The lowest BCUT2D eigenvalue weighted by molar-refractivity contribution is 0.0781. The summed E-state index contributed by atoms with van der Waals surface area (Å²) in [5.74, 6) is 1.70. The van der Waals surface area contributed by atoms with E-state index in [1.807, 2.05) is 6.92 Å². The highest BCUT2D eigenvalue weighted by Gasteiger charge is 2.16. The number of carbonyl (C=O) groups excluding carboxylic acids is 1. The van der Waals surface area contributed by atoms with Gasteiger partial charge in [0.1, 0.15) is 11.5 Å². The molecule has 112 valence electrons. The minimum Gasteiger partial charge on any atom is -0.493 e. The van der Waals surface area contributed by atoms with Crippen molar-refractivity contribution in [1.82, 2.24) is 10.1 Å². The van der Waals surface area contributed by atoms with Gasteiger partial charge < -0.3 is 18.9 Å². The second-order valence-corrected chi connectivity index (χ2v) is 4.66. The van der Waals surface area contributed by atoms with Gasteiger partial charge in [-0.2, -0.15) is 0 Å². The Morgan fingerprint density at radius 1 is 1.24 bits per heavy atom. The van der Waals surface area contributed by atoms with Crippen molar-refractivity contribution in [3.05, 3.63) is 41.3 Å². The van der Waals surface area contributed by atoms with Crippen molar-refractivity contribution in [1.29, 1.82) is 0 Å². The molecule has 0 N–H and O–H groups in total. The minimum absolute atomic E-state index is 0.128. The molecule has 0 fully saturated rings. The van der Waals surface area contributed by atoms with Crippen LogP contribution in [0.1, 0.15) is 21.8 Å². The van der Waals surface area contributed by atoms with Crippen molar-refractivity contribution in [3.8, 4) is 11.5 Å². The normalized spacial score (nSPS) is 10.3. The van der Waals surface area contributed by atoms with Gasteiger partial charge in [0.2, 0.25) is 0 Å². The number of ether oxygens (including phenoxy) is 2. The average molecular weight is 290 g/mol. The van der Waals surface area contributed by atoms with Gasteiger partial charge in [0.15, 0.2) is 11.5 Å². The molecule has 0 radical (unpaired) electrons. The molecule has 1 aromatic carbocycles. The van der Waals surface area contributed by atoms with Crippen LogP contribution in [0.4, 0.5) is 0 Å². The fourth-order valence-electron chi connectivity index (χ4n) is 2.00. The lowest BCUT2D eigenvalue weighted by Crippen LogP contribution is -2.26. The summed E-state index contributed by atoms with van der Waals surface area (Å²) < 4.78 is 15.4. The Bertz CT molecular complexity index is 636. The predicted octanol–water partition coefficient (Wildman–Crippen LogP) is 2.27. The van der Waals surface area contributed by atoms with Gasteiger partial charge in [0.25, 0.3) is 5.91 Å². The van der Waals surface area contributed by atoms with Crippen molar-refractivity contribution in [2.75, 3.05) is 21.3 Å². The topological polar surface area (TPSA) is 64.8 Å². The van der Waals surface area contributed by atoms with Crippen LogP contribution in [0.15, 0.2) is 28.8 Å². The van der Waals surface area contributed by atoms with Gasteiger partial charge in [0, 0.05) is 18.7 Å². The zero-order valence-electron chi connectivity index (χ0n) is 12.5. The Balaban J connectivity index is 2.15. The zero-order valence-corrected chi connectivity index (χ0v) is 12.5. The van der Waals surface area contributed by atoms with Crippen LogP contribution in [-0.2, 0) is 6.54 Å². The van der Waals surface area contributed by atoms with Crippen LogP contribution in [0.5, 0.6) is 11.5 Å². The quantitative estimate of drug-likeness (QED) is 0.845. The maximum Gasteiger partial charge on any atom is 0.254 e. The Hall–Kier alpha value is -2.50. The molecule has 0 aliphatic rings. The third-order valence-corrected chi connectivity index (χ3v) is 3.05. The van der Waals surface area contributed by atoms with E-state index in [1.54, 1.807) is 43.3 Å². The van der Waals surface area contributed by atoms with Crippen molar-refractivity contribution in [2.24, 2.45) is 0 Å². The highest BCUT2D eigenvalue weighted by Crippen LogP contribution is 2.28. The summed E-state index contributed by atoms with van der Waals surface area (Å²) >= 11 is 0. The maximum absolute atomic E-state index is 12.4. The number of rotatable bonds is 5. The first-order valence-corrected chi connectivity index (χ1v) is 6.45. The molecule has 6 heteroatoms. The van der Waals surface area contributed by atoms with Crippen molar-refractivity contribution >= 4 is 5.91 Å². The third kappa shape index (κ3) is 3.34. The molecule has 0 aliphatic carbocycles. The molecule has 0 saturated heterocycles. The van der Waals surface area contributed by atoms with Crippen LogP contribution in [0.2, 0.25) is 0 Å². The summed E-state index contributed by atoms with van der Waals surface area (Å²) in [7, 11) is 4.80. The summed E-state index contributed by atoms with van der Waals surface area (Å²) in [5, 5.41) is 3.88. The maximum atomic E-state index is 12.4. The second kappa shape index (κ2) is 6.30. The molecule has 1 heterocycles. The van der Waals surface area contributed by atoms with E-state index in [2.05, 4.69) is 5.16 Å². The molecule has 6 nitrogen and oxygen atoms in total. The molecule has 2 aromatic rings. The lowest BCUT2D eigenvalue weighted by atomic mass is 10.1. The Kier molecular flexibility index (Phi) is 4.47. The molecule has 0 aliphatic heterocycles. The third-order valence-electron chi connectivity index (χ3n) is 3.05. The number of aromatic nitrogens is 1. The van der Waals surface area contributed by atoms with Gasteiger partial charge >= 0.3 is 0 Å². The van der Waals surface area contributed by atoms with Crippen molar-refractivity contribution in [3.63, 3.8) is 0 Å². The number of amides is 1. The first-order valence-electron chi connectivity index (χ1n) is 6.45. The van der Waals surface area contributed by atoms with Crippen molar-refractivity contribution in [2.45, 2.75) is 13.5 Å². The van der Waals surface area contributed by atoms with Gasteiger partial charge in [-0.3, -0.25) is 4.79 Å². The fourth-order valence-corrected chi connectivity index (χ4v) is 2.00. The Morgan fingerprint density at radius 2 is 1.95 bits per heavy atom. The Labute approximate surface area is 123 Å². The van der Waals surface area contributed by atoms with Crippen LogP contribution in [0.3, 0.4) is 0 Å². The van der Waals surface area contributed by atoms with Gasteiger partial charge in [-0.05, 0) is 25.1 Å². The molecule has 0 atom stereocenters. The summed E-state index contributed by atoms with van der Waals surface area (Å²) in [5.41, 5.74) is 1.24. The largest absolute Gasteiger partial charge is 0.493 e. The summed E-state index contributed by atoms with van der Waals surface area (Å²) in [6.45, 7) is 2.19. The molecule has 0 saturated carbocycles. The van der Waals surface area contributed by atoms with E-state index in [4.69, 9.17) is 14.0 Å². The lowest BCUT2D eigenvalue weighted by Gasteiger charge is -2.16.